The molecule has 0 aliphatic carbocycles. The second kappa shape index (κ2) is 9.01. The Morgan fingerprint density at radius 2 is 2.00 bits per heavy atom. The van der Waals surface area contributed by atoms with Crippen LogP contribution < -0.4 is 10.6 Å². The van der Waals surface area contributed by atoms with Gasteiger partial charge in [-0.3, -0.25) is 9.59 Å². The Labute approximate surface area is 178 Å². The number of halogens is 4. The van der Waals surface area contributed by atoms with Crippen LogP contribution in [0, 0.1) is 5.92 Å². The molecule has 2 heterocycles. The van der Waals surface area contributed by atoms with Crippen LogP contribution in [0.15, 0.2) is 18.2 Å². The highest BCUT2D eigenvalue weighted by Gasteiger charge is 2.41. The Morgan fingerprint density at radius 3 is 2.67 bits per heavy atom. The monoisotopic (exact) mass is 446 g/mol. The number of carbonyl (C=O) groups excluding carboxylic acids is 2. The lowest BCUT2D eigenvalue weighted by Gasteiger charge is -2.44. The first-order chi connectivity index (χ1) is 14.1. The highest BCUT2D eigenvalue weighted by Crippen LogP contribution is 2.34. The lowest BCUT2D eigenvalue weighted by molar-refractivity contribution is -0.144. The van der Waals surface area contributed by atoms with Crippen LogP contribution in [0.3, 0.4) is 0 Å². The molecule has 0 saturated carbocycles. The fourth-order valence-corrected chi connectivity index (χ4v) is 4.42. The van der Waals surface area contributed by atoms with Gasteiger partial charge in [0.05, 0.1) is 17.5 Å². The van der Waals surface area contributed by atoms with Crippen molar-refractivity contribution in [3.63, 3.8) is 0 Å². The quantitative estimate of drug-likeness (QED) is 0.746. The van der Waals surface area contributed by atoms with E-state index < -0.39 is 17.8 Å². The first-order valence-corrected chi connectivity index (χ1v) is 10.3. The van der Waals surface area contributed by atoms with Gasteiger partial charge in [-0.2, -0.15) is 13.2 Å². The highest BCUT2D eigenvalue weighted by atomic mass is 35.5. The van der Waals surface area contributed by atoms with E-state index >= 15 is 0 Å². The van der Waals surface area contributed by atoms with Gasteiger partial charge < -0.3 is 20.4 Å². The lowest BCUT2D eigenvalue weighted by atomic mass is 9.88. The predicted molar refractivity (Wildman–Crippen MR) is 108 cm³/mol. The normalized spacial score (nSPS) is 25.2. The molecule has 1 aromatic carbocycles. The molecule has 166 valence electrons. The number of hydrogen-bond donors (Lipinski definition) is 2. The molecule has 2 saturated heterocycles. The third-order valence-electron chi connectivity index (χ3n) is 5.65. The van der Waals surface area contributed by atoms with Crippen molar-refractivity contribution < 1.29 is 22.8 Å². The summed E-state index contributed by atoms with van der Waals surface area (Å²) in [7, 11) is 3.39. The van der Waals surface area contributed by atoms with Crippen LogP contribution in [0.1, 0.15) is 24.8 Å². The van der Waals surface area contributed by atoms with Crippen molar-refractivity contribution >= 4 is 29.1 Å². The highest BCUT2D eigenvalue weighted by molar-refractivity contribution is 6.31. The van der Waals surface area contributed by atoms with Gasteiger partial charge in [-0.05, 0) is 44.0 Å². The Morgan fingerprint density at radius 1 is 1.27 bits per heavy atom. The molecule has 2 N–H and O–H groups in total. The topological polar surface area (TPSA) is 64.7 Å². The molecule has 3 atom stereocenters. The first kappa shape index (κ1) is 22.7. The van der Waals surface area contributed by atoms with Crippen LogP contribution in [0.25, 0.3) is 0 Å². The van der Waals surface area contributed by atoms with E-state index in [1.54, 1.807) is 19.0 Å². The second-order valence-electron chi connectivity index (χ2n) is 8.00. The number of alkyl halides is 3. The summed E-state index contributed by atoms with van der Waals surface area (Å²) in [6.45, 7) is 1.73. The van der Waals surface area contributed by atoms with Crippen LogP contribution >= 0.6 is 11.6 Å². The summed E-state index contributed by atoms with van der Waals surface area (Å²) in [5, 5.41) is 6.12. The number of amides is 2. The van der Waals surface area contributed by atoms with E-state index in [1.807, 2.05) is 0 Å². The summed E-state index contributed by atoms with van der Waals surface area (Å²) in [4.78, 5) is 29.1. The summed E-state index contributed by atoms with van der Waals surface area (Å²) >= 11 is 5.86. The molecule has 2 aliphatic heterocycles. The summed E-state index contributed by atoms with van der Waals surface area (Å²) in [5.74, 6) is -0.527. The zero-order valence-corrected chi connectivity index (χ0v) is 17.7. The molecule has 1 unspecified atom stereocenters. The van der Waals surface area contributed by atoms with Gasteiger partial charge in [-0.1, -0.05) is 11.6 Å². The Bertz CT molecular complexity index is 803. The van der Waals surface area contributed by atoms with Crippen LogP contribution in [0.2, 0.25) is 5.02 Å². The average molecular weight is 447 g/mol. The molecule has 0 radical (unpaired) electrons. The van der Waals surface area contributed by atoms with E-state index in [4.69, 9.17) is 11.6 Å². The third kappa shape index (κ3) is 5.00. The number of rotatable bonds is 4. The first-order valence-electron chi connectivity index (χ1n) is 9.94. The Balaban J connectivity index is 1.78. The molecule has 0 aromatic heterocycles. The molecule has 0 bridgehead atoms. The summed E-state index contributed by atoms with van der Waals surface area (Å²) < 4.78 is 39.3. The van der Waals surface area contributed by atoms with Gasteiger partial charge in [0.2, 0.25) is 11.8 Å². The van der Waals surface area contributed by atoms with Gasteiger partial charge in [0, 0.05) is 37.9 Å². The SMILES string of the molecule is CN(C)C(=O)[C@H]1CCNC[C@@H]1N1CCCC(Nc2cc(Cl)cc(C(F)(F)F)c2)C1=O. The maximum absolute atomic E-state index is 13.2. The van der Waals surface area contributed by atoms with Crippen molar-refractivity contribution in [1.82, 2.24) is 15.1 Å². The average Bonchev–Trinajstić information content (AvgIpc) is 2.68. The maximum atomic E-state index is 13.2. The minimum Gasteiger partial charge on any atom is -0.374 e. The maximum Gasteiger partial charge on any atom is 0.416 e. The van der Waals surface area contributed by atoms with Gasteiger partial charge in [0.15, 0.2) is 0 Å². The van der Waals surface area contributed by atoms with Crippen LogP contribution in [-0.4, -0.2) is 67.4 Å². The molecule has 6 nitrogen and oxygen atoms in total. The molecule has 30 heavy (non-hydrogen) atoms. The summed E-state index contributed by atoms with van der Waals surface area (Å²) in [6.07, 6.45) is -2.71. The second-order valence-corrected chi connectivity index (χ2v) is 8.43. The largest absolute Gasteiger partial charge is 0.416 e. The van der Waals surface area contributed by atoms with Crippen molar-refractivity contribution in [2.75, 3.05) is 39.0 Å². The van der Waals surface area contributed by atoms with Gasteiger partial charge in [0.25, 0.3) is 0 Å². The number of benzene rings is 1. The van der Waals surface area contributed by atoms with Crippen molar-refractivity contribution in [3.05, 3.63) is 28.8 Å². The minimum absolute atomic E-state index is 0.0194. The molecule has 10 heteroatoms. The zero-order valence-electron chi connectivity index (χ0n) is 16.9. The molecule has 2 aliphatic rings. The molecular formula is C20H26ClF3N4O2. The van der Waals surface area contributed by atoms with Gasteiger partial charge in [0.1, 0.15) is 6.04 Å². The molecular weight excluding hydrogens is 421 g/mol. The third-order valence-corrected chi connectivity index (χ3v) is 5.87. The van der Waals surface area contributed by atoms with E-state index in [9.17, 15) is 22.8 Å². The number of piperidine rings is 2. The molecule has 0 spiro atoms. The smallest absolute Gasteiger partial charge is 0.374 e. The minimum atomic E-state index is -4.53. The van der Waals surface area contributed by atoms with E-state index in [0.717, 1.165) is 12.1 Å². The lowest BCUT2D eigenvalue weighted by Crippen LogP contribution is -2.61. The Kier molecular flexibility index (Phi) is 6.81. The molecule has 2 amide bonds. The number of anilines is 1. The van der Waals surface area contributed by atoms with E-state index in [0.29, 0.717) is 38.9 Å². The van der Waals surface area contributed by atoms with E-state index in [2.05, 4.69) is 10.6 Å². The Hall–Kier alpha value is -2.00. The van der Waals surface area contributed by atoms with Crippen molar-refractivity contribution in [3.8, 4) is 0 Å². The number of hydrogen-bond acceptors (Lipinski definition) is 4. The van der Waals surface area contributed by atoms with Crippen LogP contribution in [0.4, 0.5) is 18.9 Å². The fraction of sp³-hybridized carbons (Fsp3) is 0.600. The van der Waals surface area contributed by atoms with Gasteiger partial charge in [-0.25, -0.2) is 0 Å². The molecule has 3 rings (SSSR count). The molecule has 2 fully saturated rings. The number of carbonyl (C=O) groups is 2. The predicted octanol–water partition coefficient (Wildman–Crippen LogP) is 2.83. The van der Waals surface area contributed by atoms with Crippen LogP contribution in [0.5, 0.6) is 0 Å². The van der Waals surface area contributed by atoms with E-state index in [1.165, 1.54) is 11.0 Å². The summed E-state index contributed by atoms with van der Waals surface area (Å²) in [6, 6.07) is 2.24. The van der Waals surface area contributed by atoms with E-state index in [-0.39, 0.29) is 34.5 Å². The summed E-state index contributed by atoms with van der Waals surface area (Å²) in [5.41, 5.74) is -0.719. The number of likely N-dealkylation sites (tertiary alicyclic amines) is 1. The van der Waals surface area contributed by atoms with Crippen molar-refractivity contribution in [2.24, 2.45) is 5.92 Å². The standard InChI is InChI=1S/C20H26ClF3N4O2/c1-27(2)18(29)15-5-6-25-11-17(15)28-7-3-4-16(19(28)30)26-14-9-12(20(22,23)24)8-13(21)10-14/h8-10,15-17,25-26H,3-7,11H2,1-2H3/t15-,16?,17-/m0/s1. The number of nitrogens with zero attached hydrogens (tertiary/aromatic N) is 2. The van der Waals surface area contributed by atoms with Crippen LogP contribution in [-0.2, 0) is 15.8 Å². The molecule has 1 aromatic rings. The zero-order chi connectivity index (χ0) is 22.1. The fourth-order valence-electron chi connectivity index (χ4n) is 4.19. The van der Waals surface area contributed by atoms with Crippen molar-refractivity contribution in [1.29, 1.82) is 0 Å². The van der Waals surface area contributed by atoms with Crippen molar-refractivity contribution in [2.45, 2.75) is 37.5 Å². The van der Waals surface area contributed by atoms with Gasteiger partial charge >= 0.3 is 6.18 Å². The van der Waals surface area contributed by atoms with Gasteiger partial charge in [-0.15, -0.1) is 0 Å². The number of nitrogens with one attached hydrogen (secondary N) is 2.